The number of nitrogens with one attached hydrogen (secondary N) is 1. The molecule has 2 aromatic rings. The molecular weight excluding hydrogens is 258 g/mol. The number of benzene rings is 2. The van der Waals surface area contributed by atoms with E-state index in [9.17, 15) is 0 Å². The molecule has 0 radical (unpaired) electrons. The lowest BCUT2D eigenvalue weighted by Crippen LogP contribution is -2.26. The van der Waals surface area contributed by atoms with E-state index in [4.69, 9.17) is 4.74 Å². The fraction of sp³-hybridized carbons (Fsp3) is 0.368. The Labute approximate surface area is 128 Å². The van der Waals surface area contributed by atoms with E-state index in [2.05, 4.69) is 43.4 Å². The quantitative estimate of drug-likeness (QED) is 0.777. The second kappa shape index (κ2) is 8.48. The van der Waals surface area contributed by atoms with E-state index >= 15 is 0 Å². The molecule has 1 unspecified atom stereocenters. The maximum Gasteiger partial charge on any atom is 0.119 e. The van der Waals surface area contributed by atoms with E-state index in [-0.39, 0.29) is 6.04 Å². The van der Waals surface area contributed by atoms with Gasteiger partial charge in [0.15, 0.2) is 0 Å². The first-order chi connectivity index (χ1) is 10.3. The van der Waals surface area contributed by atoms with Crippen molar-refractivity contribution >= 4 is 0 Å². The molecule has 0 aromatic heterocycles. The van der Waals surface area contributed by atoms with Gasteiger partial charge >= 0.3 is 0 Å². The predicted molar refractivity (Wildman–Crippen MR) is 88.8 cm³/mol. The van der Waals surface area contributed by atoms with Gasteiger partial charge in [0.2, 0.25) is 0 Å². The summed E-state index contributed by atoms with van der Waals surface area (Å²) in [5, 5.41) is 3.50. The molecule has 0 bridgehead atoms. The molecule has 2 rings (SSSR count). The monoisotopic (exact) mass is 283 g/mol. The summed E-state index contributed by atoms with van der Waals surface area (Å²) < 4.78 is 5.89. The molecule has 0 aliphatic heterocycles. The summed E-state index contributed by atoms with van der Waals surface area (Å²) in [7, 11) is 0. The van der Waals surface area contributed by atoms with Gasteiger partial charge in [0, 0.05) is 0 Å². The number of likely N-dealkylation sites (N-methyl/N-ethyl adjacent to an activating group) is 1. The Bertz CT molecular complexity index is 507. The average Bonchev–Trinajstić information content (AvgIpc) is 2.54. The fourth-order valence-corrected chi connectivity index (χ4v) is 2.42. The summed E-state index contributed by atoms with van der Waals surface area (Å²) in [6, 6.07) is 19.1. The molecule has 2 nitrogen and oxygen atoms in total. The van der Waals surface area contributed by atoms with Crippen LogP contribution in [0.15, 0.2) is 54.6 Å². The minimum atomic E-state index is 0.228. The number of rotatable bonds is 8. The van der Waals surface area contributed by atoms with E-state index in [1.54, 1.807) is 0 Å². The van der Waals surface area contributed by atoms with E-state index in [0.29, 0.717) is 6.61 Å². The lowest BCUT2D eigenvalue weighted by Gasteiger charge is -2.19. The van der Waals surface area contributed by atoms with Gasteiger partial charge in [-0.05, 0) is 36.2 Å². The van der Waals surface area contributed by atoms with Crippen molar-refractivity contribution in [1.82, 2.24) is 5.32 Å². The molecule has 1 N–H and O–H groups in total. The highest BCUT2D eigenvalue weighted by atomic mass is 16.5. The van der Waals surface area contributed by atoms with Crippen molar-refractivity contribution < 1.29 is 4.74 Å². The summed E-state index contributed by atoms with van der Waals surface area (Å²) in [5.74, 6) is 0.919. The predicted octanol–water partition coefficient (Wildman–Crippen LogP) is 4.37. The number of hydrogen-bond donors (Lipinski definition) is 1. The lowest BCUT2D eigenvalue weighted by molar-refractivity contribution is 0.268. The maximum absolute atomic E-state index is 5.89. The number of hydrogen-bond acceptors (Lipinski definition) is 2. The molecule has 0 spiro atoms. The van der Waals surface area contributed by atoms with E-state index in [0.717, 1.165) is 18.7 Å². The summed E-state index contributed by atoms with van der Waals surface area (Å²) >= 11 is 0. The zero-order valence-electron chi connectivity index (χ0n) is 13.0. The Morgan fingerprint density at radius 2 is 1.67 bits per heavy atom. The molecule has 2 aromatic carbocycles. The van der Waals surface area contributed by atoms with Crippen LogP contribution in [-0.2, 0) is 6.42 Å². The van der Waals surface area contributed by atoms with Gasteiger partial charge in [0.25, 0.3) is 0 Å². The Hall–Kier alpha value is -1.80. The highest BCUT2D eigenvalue weighted by molar-refractivity contribution is 5.26. The SMILES string of the molecule is CCCc1ccc(C(COc2ccccc2)NCC)cc1. The van der Waals surface area contributed by atoms with Crippen molar-refractivity contribution in [2.24, 2.45) is 0 Å². The van der Waals surface area contributed by atoms with Gasteiger partial charge in [-0.1, -0.05) is 62.7 Å². The Morgan fingerprint density at radius 1 is 0.952 bits per heavy atom. The van der Waals surface area contributed by atoms with Gasteiger partial charge in [-0.3, -0.25) is 0 Å². The molecule has 1 atom stereocenters. The third-order valence-electron chi connectivity index (χ3n) is 3.53. The number of aryl methyl sites for hydroxylation is 1. The molecule has 2 heteroatoms. The van der Waals surface area contributed by atoms with Crippen molar-refractivity contribution in [3.8, 4) is 5.75 Å². The van der Waals surface area contributed by atoms with Crippen molar-refractivity contribution in [1.29, 1.82) is 0 Å². The van der Waals surface area contributed by atoms with Gasteiger partial charge in [-0.2, -0.15) is 0 Å². The van der Waals surface area contributed by atoms with Crippen LogP contribution in [0.25, 0.3) is 0 Å². The molecule has 0 fully saturated rings. The van der Waals surface area contributed by atoms with Gasteiger partial charge in [0.05, 0.1) is 6.04 Å². The van der Waals surface area contributed by atoms with Crippen LogP contribution in [0.1, 0.15) is 37.4 Å². The zero-order chi connectivity index (χ0) is 14.9. The van der Waals surface area contributed by atoms with Crippen LogP contribution in [0.4, 0.5) is 0 Å². The highest BCUT2D eigenvalue weighted by Gasteiger charge is 2.11. The van der Waals surface area contributed by atoms with Crippen LogP contribution >= 0.6 is 0 Å². The highest BCUT2D eigenvalue weighted by Crippen LogP contribution is 2.17. The summed E-state index contributed by atoms with van der Waals surface area (Å²) in [6.07, 6.45) is 2.33. The van der Waals surface area contributed by atoms with Gasteiger partial charge in [-0.25, -0.2) is 0 Å². The van der Waals surface area contributed by atoms with Gasteiger partial charge in [-0.15, -0.1) is 0 Å². The molecule has 0 saturated carbocycles. The van der Waals surface area contributed by atoms with Crippen LogP contribution in [-0.4, -0.2) is 13.2 Å². The second-order valence-electron chi connectivity index (χ2n) is 5.23. The first-order valence-corrected chi connectivity index (χ1v) is 7.83. The van der Waals surface area contributed by atoms with Crippen LogP contribution in [0.2, 0.25) is 0 Å². The Morgan fingerprint density at radius 3 is 2.29 bits per heavy atom. The third kappa shape index (κ3) is 4.91. The van der Waals surface area contributed by atoms with Crippen LogP contribution in [0.5, 0.6) is 5.75 Å². The molecule has 0 saturated heterocycles. The van der Waals surface area contributed by atoms with Gasteiger partial charge < -0.3 is 10.1 Å². The normalized spacial score (nSPS) is 12.1. The molecule has 0 aliphatic carbocycles. The maximum atomic E-state index is 5.89. The Kier molecular flexibility index (Phi) is 6.29. The summed E-state index contributed by atoms with van der Waals surface area (Å²) in [4.78, 5) is 0. The van der Waals surface area contributed by atoms with Crippen LogP contribution < -0.4 is 10.1 Å². The topological polar surface area (TPSA) is 21.3 Å². The van der Waals surface area contributed by atoms with Crippen molar-refractivity contribution in [2.45, 2.75) is 32.7 Å². The molecule has 21 heavy (non-hydrogen) atoms. The van der Waals surface area contributed by atoms with Crippen molar-refractivity contribution in [3.05, 3.63) is 65.7 Å². The molecular formula is C19H25NO. The van der Waals surface area contributed by atoms with E-state index in [1.165, 1.54) is 17.5 Å². The summed E-state index contributed by atoms with van der Waals surface area (Å²) in [6.45, 7) is 5.91. The summed E-state index contributed by atoms with van der Waals surface area (Å²) in [5.41, 5.74) is 2.69. The van der Waals surface area contributed by atoms with Crippen molar-refractivity contribution in [2.75, 3.05) is 13.2 Å². The molecule has 112 valence electrons. The largest absolute Gasteiger partial charge is 0.492 e. The first kappa shape index (κ1) is 15.6. The minimum absolute atomic E-state index is 0.228. The van der Waals surface area contributed by atoms with Crippen LogP contribution in [0.3, 0.4) is 0 Å². The first-order valence-electron chi connectivity index (χ1n) is 7.83. The van der Waals surface area contributed by atoms with E-state index in [1.807, 2.05) is 30.3 Å². The average molecular weight is 283 g/mol. The van der Waals surface area contributed by atoms with Crippen LogP contribution in [0, 0.1) is 0 Å². The van der Waals surface area contributed by atoms with E-state index < -0.39 is 0 Å². The number of ether oxygens (including phenoxy) is 1. The smallest absolute Gasteiger partial charge is 0.119 e. The standard InChI is InChI=1S/C19H25NO/c1-3-8-16-11-13-17(14-12-16)19(20-4-2)15-21-18-9-6-5-7-10-18/h5-7,9-14,19-20H,3-4,8,15H2,1-2H3. The zero-order valence-corrected chi connectivity index (χ0v) is 13.0. The number of para-hydroxylation sites is 1. The molecule has 0 amide bonds. The lowest BCUT2D eigenvalue weighted by atomic mass is 10.0. The fourth-order valence-electron chi connectivity index (χ4n) is 2.42. The minimum Gasteiger partial charge on any atom is -0.492 e. The molecule has 0 aliphatic rings. The van der Waals surface area contributed by atoms with Crippen molar-refractivity contribution in [3.63, 3.8) is 0 Å². The second-order valence-corrected chi connectivity index (χ2v) is 5.23. The Balaban J connectivity index is 2.00. The van der Waals surface area contributed by atoms with Gasteiger partial charge in [0.1, 0.15) is 12.4 Å². The third-order valence-corrected chi connectivity index (χ3v) is 3.53. The molecule has 0 heterocycles.